The summed E-state index contributed by atoms with van der Waals surface area (Å²) < 4.78 is 5.22. The highest BCUT2D eigenvalue weighted by molar-refractivity contribution is 6.16. The van der Waals surface area contributed by atoms with E-state index in [-0.39, 0.29) is 11.8 Å². The summed E-state index contributed by atoms with van der Waals surface area (Å²) in [5, 5.41) is 15.0. The number of benzene rings is 1. The molecule has 2 rings (SSSR count). The number of carbonyl (C=O) groups is 2. The molecule has 0 aromatic heterocycles. The Bertz CT molecular complexity index is 663. The van der Waals surface area contributed by atoms with E-state index in [0.29, 0.717) is 38.6 Å². The van der Waals surface area contributed by atoms with E-state index >= 15 is 0 Å². The van der Waals surface area contributed by atoms with Crippen molar-refractivity contribution in [1.82, 2.24) is 10.6 Å². The molecular weight excluding hydrogens is 369 g/mol. The van der Waals surface area contributed by atoms with E-state index in [1.54, 1.807) is 0 Å². The number of amides is 2. The van der Waals surface area contributed by atoms with Crippen molar-refractivity contribution in [2.24, 2.45) is 11.1 Å². The molecule has 1 saturated carbocycles. The summed E-state index contributed by atoms with van der Waals surface area (Å²) in [6.07, 6.45) is 3.82. The number of nitrogens with one attached hydrogen (secondary N) is 2. The van der Waals surface area contributed by atoms with E-state index in [2.05, 4.69) is 10.6 Å². The van der Waals surface area contributed by atoms with Crippen molar-refractivity contribution in [3.8, 4) is 0 Å². The van der Waals surface area contributed by atoms with E-state index in [9.17, 15) is 9.59 Å². The quantitative estimate of drug-likeness (QED) is 0.251. The molecule has 1 aromatic rings. The first-order valence-electron chi connectivity index (χ1n) is 10.4. The van der Waals surface area contributed by atoms with Gasteiger partial charge in [0.05, 0.1) is 0 Å². The average molecular weight is 403 g/mol. The fourth-order valence-electron chi connectivity index (χ4n) is 3.99. The predicted molar refractivity (Wildman–Crippen MR) is 114 cm³/mol. The molecule has 0 spiro atoms. The standard InChI is InChI=1S/C21H34BN3O4/c1-20(2,15-16-9-4-3-5-10-16)25-19(27)21(12-6-7-13-21)18(26)24-17(29-22-28)11-8-14-23/h3-5,9-10,17,22,28H,6-8,11-15,23H2,1-2H3,(H,24,26)(H,25,27)/t17-/m1/s1. The molecule has 0 saturated heterocycles. The monoisotopic (exact) mass is 403 g/mol. The molecule has 5 N–H and O–H groups in total. The third kappa shape index (κ3) is 6.55. The van der Waals surface area contributed by atoms with Gasteiger partial charge in [0.2, 0.25) is 11.8 Å². The second kappa shape index (κ2) is 10.8. The Kier molecular flexibility index (Phi) is 8.68. The molecule has 0 unspecified atom stereocenters. The summed E-state index contributed by atoms with van der Waals surface area (Å²) in [5.74, 6) is -0.575. The van der Waals surface area contributed by atoms with Gasteiger partial charge < -0.3 is 26.0 Å². The second-order valence-electron chi connectivity index (χ2n) is 8.48. The van der Waals surface area contributed by atoms with Gasteiger partial charge in [-0.3, -0.25) is 9.59 Å². The normalized spacial score (nSPS) is 16.8. The topological polar surface area (TPSA) is 114 Å². The largest absolute Gasteiger partial charge is 0.436 e. The van der Waals surface area contributed by atoms with Crippen LogP contribution in [0, 0.1) is 5.41 Å². The van der Waals surface area contributed by atoms with Gasteiger partial charge in [-0.25, -0.2) is 0 Å². The maximum absolute atomic E-state index is 13.3. The number of hydrogen-bond donors (Lipinski definition) is 4. The molecule has 1 aromatic carbocycles. The SMILES string of the molecule is CC(C)(Cc1ccccc1)NC(=O)C1(C(=O)N[C@@H](CCCN)OBO)CCCC1. The molecule has 0 bridgehead atoms. The van der Waals surface area contributed by atoms with Crippen molar-refractivity contribution in [2.45, 2.75) is 70.6 Å². The second-order valence-corrected chi connectivity index (χ2v) is 8.48. The Balaban J connectivity index is 2.09. The van der Waals surface area contributed by atoms with E-state index < -0.39 is 24.9 Å². The van der Waals surface area contributed by atoms with Crippen molar-refractivity contribution in [2.75, 3.05) is 6.54 Å². The van der Waals surface area contributed by atoms with Crippen molar-refractivity contribution < 1.29 is 19.3 Å². The summed E-state index contributed by atoms with van der Waals surface area (Å²) in [6, 6.07) is 9.96. The van der Waals surface area contributed by atoms with Crippen LogP contribution in [0.1, 0.15) is 57.9 Å². The lowest BCUT2D eigenvalue weighted by Crippen LogP contribution is -2.57. The lowest BCUT2D eigenvalue weighted by molar-refractivity contribution is -0.145. The van der Waals surface area contributed by atoms with Crippen molar-refractivity contribution in [1.29, 1.82) is 0 Å². The van der Waals surface area contributed by atoms with Crippen LogP contribution in [0.15, 0.2) is 30.3 Å². The molecule has 8 heteroatoms. The molecular formula is C21H34BN3O4. The highest BCUT2D eigenvalue weighted by Crippen LogP contribution is 2.39. The Labute approximate surface area is 174 Å². The van der Waals surface area contributed by atoms with Gasteiger partial charge in [0.25, 0.3) is 0 Å². The fraction of sp³-hybridized carbons (Fsp3) is 0.619. The minimum Gasteiger partial charge on any atom is -0.430 e. The van der Waals surface area contributed by atoms with Gasteiger partial charge in [-0.2, -0.15) is 0 Å². The Hall–Kier alpha value is -1.90. The van der Waals surface area contributed by atoms with E-state index in [0.717, 1.165) is 18.4 Å². The minimum absolute atomic E-state index is 0.241. The Morgan fingerprint density at radius 3 is 2.48 bits per heavy atom. The first-order valence-corrected chi connectivity index (χ1v) is 10.4. The maximum atomic E-state index is 13.3. The minimum atomic E-state index is -1.10. The van der Waals surface area contributed by atoms with Gasteiger partial charge in [0.1, 0.15) is 11.6 Å². The first-order chi connectivity index (χ1) is 13.8. The fourth-order valence-corrected chi connectivity index (χ4v) is 3.99. The van der Waals surface area contributed by atoms with Gasteiger partial charge in [-0.15, -0.1) is 0 Å². The summed E-state index contributed by atoms with van der Waals surface area (Å²) in [5.41, 5.74) is 5.07. The molecule has 1 aliphatic carbocycles. The third-order valence-electron chi connectivity index (χ3n) is 5.51. The van der Waals surface area contributed by atoms with Crippen LogP contribution in [0.3, 0.4) is 0 Å². The molecule has 1 atom stereocenters. The van der Waals surface area contributed by atoms with Crippen LogP contribution in [0.5, 0.6) is 0 Å². The zero-order chi connectivity index (χ0) is 21.3. The number of rotatable bonds is 11. The Morgan fingerprint density at radius 1 is 1.24 bits per heavy atom. The van der Waals surface area contributed by atoms with Gasteiger partial charge in [0.15, 0.2) is 0 Å². The van der Waals surface area contributed by atoms with Crippen LogP contribution in [0.2, 0.25) is 0 Å². The van der Waals surface area contributed by atoms with Gasteiger partial charge in [-0.1, -0.05) is 43.2 Å². The molecule has 1 aliphatic rings. The van der Waals surface area contributed by atoms with Gasteiger partial charge >= 0.3 is 7.69 Å². The lowest BCUT2D eigenvalue weighted by atomic mass is 9.82. The lowest BCUT2D eigenvalue weighted by Gasteiger charge is -2.34. The number of hydrogen-bond acceptors (Lipinski definition) is 5. The summed E-state index contributed by atoms with van der Waals surface area (Å²) in [6.45, 7) is 4.40. The van der Waals surface area contributed by atoms with Crippen molar-refractivity contribution in [3.05, 3.63) is 35.9 Å². The molecule has 7 nitrogen and oxygen atoms in total. The summed E-state index contributed by atoms with van der Waals surface area (Å²) in [4.78, 5) is 26.4. The molecule has 0 radical (unpaired) electrons. The van der Waals surface area contributed by atoms with Crippen LogP contribution in [0.4, 0.5) is 0 Å². The smallest absolute Gasteiger partial charge is 0.430 e. The van der Waals surface area contributed by atoms with Gasteiger partial charge in [-0.05, 0) is 58.1 Å². The summed E-state index contributed by atoms with van der Waals surface area (Å²) >= 11 is 0. The zero-order valence-corrected chi connectivity index (χ0v) is 17.6. The van der Waals surface area contributed by atoms with Crippen LogP contribution in [0.25, 0.3) is 0 Å². The number of nitrogens with two attached hydrogens (primary N) is 1. The highest BCUT2D eigenvalue weighted by Gasteiger charge is 2.49. The molecule has 2 amide bonds. The van der Waals surface area contributed by atoms with Crippen molar-refractivity contribution >= 4 is 19.5 Å². The van der Waals surface area contributed by atoms with Crippen LogP contribution < -0.4 is 16.4 Å². The highest BCUT2D eigenvalue weighted by atomic mass is 16.5. The molecule has 160 valence electrons. The van der Waals surface area contributed by atoms with Crippen molar-refractivity contribution in [3.63, 3.8) is 0 Å². The van der Waals surface area contributed by atoms with Crippen LogP contribution >= 0.6 is 0 Å². The average Bonchev–Trinajstić information content (AvgIpc) is 3.17. The molecule has 0 heterocycles. The van der Waals surface area contributed by atoms with Gasteiger partial charge in [0, 0.05) is 5.54 Å². The molecule has 1 fully saturated rings. The van der Waals surface area contributed by atoms with E-state index in [4.69, 9.17) is 15.4 Å². The predicted octanol–water partition coefficient (Wildman–Crippen LogP) is 1.14. The van der Waals surface area contributed by atoms with Crippen LogP contribution in [-0.2, 0) is 20.7 Å². The zero-order valence-electron chi connectivity index (χ0n) is 17.6. The first kappa shape index (κ1) is 23.4. The third-order valence-corrected chi connectivity index (χ3v) is 5.51. The Morgan fingerprint density at radius 2 is 1.90 bits per heavy atom. The van der Waals surface area contributed by atoms with Crippen LogP contribution in [-0.4, -0.2) is 42.8 Å². The van der Waals surface area contributed by atoms with E-state index in [1.165, 1.54) is 0 Å². The summed E-state index contributed by atoms with van der Waals surface area (Å²) in [7, 11) is -0.501. The molecule has 29 heavy (non-hydrogen) atoms. The number of carbonyl (C=O) groups excluding carboxylic acids is 2. The molecule has 0 aliphatic heterocycles. The van der Waals surface area contributed by atoms with E-state index in [1.807, 2.05) is 44.2 Å². The maximum Gasteiger partial charge on any atom is 0.436 e.